The van der Waals surface area contributed by atoms with E-state index in [0.29, 0.717) is 38.0 Å². The zero-order valence-electron chi connectivity index (χ0n) is 14.5. The van der Waals surface area contributed by atoms with Crippen LogP contribution in [0.15, 0.2) is 47.1 Å². The molecule has 0 saturated heterocycles. The Labute approximate surface area is 143 Å². The summed E-state index contributed by atoms with van der Waals surface area (Å²) in [7, 11) is 1.63. The molecule has 0 bridgehead atoms. The van der Waals surface area contributed by atoms with Crippen LogP contribution in [0.3, 0.4) is 0 Å². The molecule has 2 aromatic rings. The molecule has 0 radical (unpaired) electrons. The molecule has 0 atom stereocenters. The maximum absolute atomic E-state index is 12.8. The van der Waals surface area contributed by atoms with E-state index in [0.717, 1.165) is 11.3 Å². The lowest BCUT2D eigenvalue weighted by Crippen LogP contribution is -2.37. The van der Waals surface area contributed by atoms with Gasteiger partial charge in [0.25, 0.3) is 5.91 Å². The van der Waals surface area contributed by atoms with Crippen molar-refractivity contribution in [2.75, 3.05) is 26.8 Å². The van der Waals surface area contributed by atoms with Crippen molar-refractivity contribution in [2.24, 2.45) is 5.92 Å². The number of furan rings is 1. The second kappa shape index (κ2) is 9.13. The minimum atomic E-state index is -0.127. The summed E-state index contributed by atoms with van der Waals surface area (Å²) in [4.78, 5) is 14.6. The van der Waals surface area contributed by atoms with Gasteiger partial charge in [0.1, 0.15) is 12.4 Å². The molecule has 0 aliphatic rings. The zero-order valence-corrected chi connectivity index (χ0v) is 14.5. The monoisotopic (exact) mass is 331 g/mol. The van der Waals surface area contributed by atoms with E-state index in [-0.39, 0.29) is 5.91 Å². The number of ether oxygens (including phenoxy) is 2. The van der Waals surface area contributed by atoms with E-state index in [9.17, 15) is 4.79 Å². The smallest absolute Gasteiger partial charge is 0.290 e. The summed E-state index contributed by atoms with van der Waals surface area (Å²) < 4.78 is 16.3. The van der Waals surface area contributed by atoms with Gasteiger partial charge in [-0.15, -0.1) is 0 Å². The van der Waals surface area contributed by atoms with Crippen molar-refractivity contribution < 1.29 is 18.7 Å². The molecule has 0 fully saturated rings. The normalized spacial score (nSPS) is 10.8. The van der Waals surface area contributed by atoms with Crippen LogP contribution in [-0.4, -0.2) is 37.6 Å². The summed E-state index contributed by atoms with van der Waals surface area (Å²) >= 11 is 0. The summed E-state index contributed by atoms with van der Waals surface area (Å²) in [6.07, 6.45) is 1.53. The van der Waals surface area contributed by atoms with Crippen LogP contribution in [0.25, 0.3) is 0 Å². The third-order valence-corrected chi connectivity index (χ3v) is 3.52. The Morgan fingerprint density at radius 1 is 1.21 bits per heavy atom. The quantitative estimate of drug-likeness (QED) is 0.704. The Hall–Kier alpha value is -2.27. The number of rotatable bonds is 9. The molecule has 0 N–H and O–H groups in total. The van der Waals surface area contributed by atoms with Gasteiger partial charge in [-0.3, -0.25) is 4.79 Å². The number of methoxy groups -OCH3 is 1. The third-order valence-electron chi connectivity index (χ3n) is 3.52. The van der Waals surface area contributed by atoms with Crippen LogP contribution < -0.4 is 4.74 Å². The minimum Gasteiger partial charge on any atom is -0.489 e. The number of amides is 1. The molecule has 5 nitrogen and oxygen atoms in total. The largest absolute Gasteiger partial charge is 0.489 e. The second-order valence-corrected chi connectivity index (χ2v) is 6.01. The highest BCUT2D eigenvalue weighted by molar-refractivity contribution is 5.92. The first-order valence-corrected chi connectivity index (χ1v) is 8.14. The summed E-state index contributed by atoms with van der Waals surface area (Å²) in [6, 6.07) is 11.3. The summed E-state index contributed by atoms with van der Waals surface area (Å²) in [5, 5.41) is 0. The van der Waals surface area contributed by atoms with E-state index in [1.54, 1.807) is 18.1 Å². The summed E-state index contributed by atoms with van der Waals surface area (Å²) in [5.41, 5.74) is 0.745. The van der Waals surface area contributed by atoms with Crippen LogP contribution in [0.5, 0.6) is 5.75 Å². The van der Waals surface area contributed by atoms with Crippen LogP contribution in [0.1, 0.15) is 30.0 Å². The van der Waals surface area contributed by atoms with Gasteiger partial charge in [-0.1, -0.05) is 32.0 Å². The molecular weight excluding hydrogens is 306 g/mol. The summed E-state index contributed by atoms with van der Waals surface area (Å²) in [6.45, 7) is 6.13. The average molecular weight is 331 g/mol. The van der Waals surface area contributed by atoms with Crippen molar-refractivity contribution in [3.63, 3.8) is 0 Å². The van der Waals surface area contributed by atoms with Crippen LogP contribution in [0, 0.1) is 5.92 Å². The molecule has 0 unspecified atom stereocenters. The Morgan fingerprint density at radius 2 is 1.96 bits per heavy atom. The molecule has 1 aromatic heterocycles. The second-order valence-electron chi connectivity index (χ2n) is 6.01. The molecule has 0 aliphatic carbocycles. The molecular formula is C19H25NO4. The van der Waals surface area contributed by atoms with Gasteiger partial charge in [0, 0.05) is 25.8 Å². The Morgan fingerprint density at radius 3 is 2.62 bits per heavy atom. The van der Waals surface area contributed by atoms with E-state index in [2.05, 4.69) is 13.8 Å². The molecule has 0 spiro atoms. The van der Waals surface area contributed by atoms with Crippen molar-refractivity contribution in [2.45, 2.75) is 20.5 Å². The van der Waals surface area contributed by atoms with Crippen molar-refractivity contribution in [3.05, 3.63) is 54.0 Å². The van der Waals surface area contributed by atoms with Crippen molar-refractivity contribution in [3.8, 4) is 5.75 Å². The highest BCUT2D eigenvalue weighted by Crippen LogP contribution is 2.18. The van der Waals surface area contributed by atoms with Gasteiger partial charge < -0.3 is 18.8 Å². The number of carbonyl (C=O) groups excluding carboxylic acids is 1. The number of benzene rings is 1. The van der Waals surface area contributed by atoms with E-state index >= 15 is 0 Å². The average Bonchev–Trinajstić information content (AvgIpc) is 3.05. The lowest BCUT2D eigenvalue weighted by Gasteiger charge is -2.23. The van der Waals surface area contributed by atoms with E-state index in [1.165, 1.54) is 6.26 Å². The fourth-order valence-electron chi connectivity index (χ4n) is 2.38. The maximum atomic E-state index is 12.8. The zero-order chi connectivity index (χ0) is 17.4. The van der Waals surface area contributed by atoms with E-state index in [4.69, 9.17) is 13.9 Å². The van der Waals surface area contributed by atoms with Crippen molar-refractivity contribution in [1.82, 2.24) is 4.90 Å². The SMILES string of the molecule is COCCN(CC(C)C)C(=O)c1occc1COc1ccccc1. The first kappa shape index (κ1) is 18.1. The van der Waals surface area contributed by atoms with E-state index < -0.39 is 0 Å². The molecule has 130 valence electrons. The molecule has 24 heavy (non-hydrogen) atoms. The molecule has 2 rings (SSSR count). The first-order valence-electron chi connectivity index (χ1n) is 8.14. The van der Waals surface area contributed by atoms with Gasteiger partial charge >= 0.3 is 0 Å². The lowest BCUT2D eigenvalue weighted by atomic mass is 10.2. The molecule has 5 heteroatoms. The van der Waals surface area contributed by atoms with Crippen LogP contribution in [0.4, 0.5) is 0 Å². The number of hydrogen-bond donors (Lipinski definition) is 0. The fraction of sp³-hybridized carbons (Fsp3) is 0.421. The molecule has 0 saturated carbocycles. The molecule has 1 amide bonds. The van der Waals surface area contributed by atoms with E-state index in [1.807, 2.05) is 30.3 Å². The van der Waals surface area contributed by atoms with Gasteiger partial charge in [0.15, 0.2) is 5.76 Å². The van der Waals surface area contributed by atoms with Crippen molar-refractivity contribution in [1.29, 1.82) is 0 Å². The summed E-state index contributed by atoms with van der Waals surface area (Å²) in [5.74, 6) is 1.33. The van der Waals surface area contributed by atoms with Gasteiger partial charge in [-0.05, 0) is 24.1 Å². The molecule has 1 aromatic carbocycles. The number of hydrogen-bond acceptors (Lipinski definition) is 4. The topological polar surface area (TPSA) is 51.9 Å². The first-order chi connectivity index (χ1) is 11.6. The van der Waals surface area contributed by atoms with Gasteiger partial charge in [-0.25, -0.2) is 0 Å². The minimum absolute atomic E-state index is 0.127. The number of carbonyl (C=O) groups is 1. The maximum Gasteiger partial charge on any atom is 0.290 e. The van der Waals surface area contributed by atoms with Crippen LogP contribution in [-0.2, 0) is 11.3 Å². The van der Waals surface area contributed by atoms with Crippen LogP contribution >= 0.6 is 0 Å². The van der Waals surface area contributed by atoms with Gasteiger partial charge in [0.2, 0.25) is 0 Å². The number of nitrogens with zero attached hydrogens (tertiary/aromatic N) is 1. The molecule has 0 aliphatic heterocycles. The van der Waals surface area contributed by atoms with Crippen molar-refractivity contribution >= 4 is 5.91 Å². The van der Waals surface area contributed by atoms with Gasteiger partial charge in [0.05, 0.1) is 12.9 Å². The standard InChI is InChI=1S/C19H25NO4/c1-15(2)13-20(10-12-22-3)19(21)18-16(9-11-23-18)14-24-17-7-5-4-6-8-17/h4-9,11,15H,10,12-14H2,1-3H3. The predicted octanol–water partition coefficient (Wildman–Crippen LogP) is 3.60. The Balaban J connectivity index is 2.06. The third kappa shape index (κ3) is 5.13. The Bertz CT molecular complexity index is 621. The fourth-order valence-corrected chi connectivity index (χ4v) is 2.38. The highest BCUT2D eigenvalue weighted by Gasteiger charge is 2.23. The lowest BCUT2D eigenvalue weighted by molar-refractivity contribution is 0.0638. The van der Waals surface area contributed by atoms with Crippen LogP contribution in [0.2, 0.25) is 0 Å². The van der Waals surface area contributed by atoms with Gasteiger partial charge in [-0.2, -0.15) is 0 Å². The highest BCUT2D eigenvalue weighted by atomic mass is 16.5. The molecule has 1 heterocycles. The Kier molecular flexibility index (Phi) is 6.88. The number of para-hydroxylation sites is 1. The predicted molar refractivity (Wildman–Crippen MR) is 92.1 cm³/mol.